The van der Waals surface area contributed by atoms with E-state index < -0.39 is 44.8 Å². The second kappa shape index (κ2) is 11.1. The predicted molar refractivity (Wildman–Crippen MR) is 132 cm³/mol. The number of ether oxygens (including phenoxy) is 2. The molecular weight excluding hydrogens is 578 g/mol. The Bertz CT molecular complexity index is 1570. The largest absolute Gasteiger partial charge is 0.457 e. The monoisotopic (exact) mass is 594 g/mol. The molecule has 0 spiro atoms. The lowest BCUT2D eigenvalue weighted by Gasteiger charge is -2.15. The van der Waals surface area contributed by atoms with Gasteiger partial charge in [-0.3, -0.25) is 9.59 Å². The average molecular weight is 594 g/mol. The van der Waals surface area contributed by atoms with Crippen LogP contribution < -0.4 is 9.47 Å². The molecule has 0 atom stereocenters. The van der Waals surface area contributed by atoms with E-state index in [4.69, 9.17) is 9.47 Å². The van der Waals surface area contributed by atoms with Gasteiger partial charge < -0.3 is 9.47 Å². The number of hydrogen-bond acceptors (Lipinski definition) is 6. The van der Waals surface area contributed by atoms with Crippen molar-refractivity contribution in [2.45, 2.75) is 22.1 Å². The molecule has 0 N–H and O–H groups in total. The Morgan fingerprint density at radius 3 is 1.17 bits per heavy atom. The van der Waals surface area contributed by atoms with E-state index in [1.54, 1.807) is 0 Å². The van der Waals surface area contributed by atoms with Crippen molar-refractivity contribution in [2.75, 3.05) is 0 Å². The Morgan fingerprint density at radius 1 is 0.537 bits per heavy atom. The van der Waals surface area contributed by atoms with Crippen molar-refractivity contribution >= 4 is 22.4 Å². The van der Waals surface area contributed by atoms with Gasteiger partial charge in [0.2, 0.25) is 9.84 Å². The zero-order valence-electron chi connectivity index (χ0n) is 20.4. The molecule has 0 saturated heterocycles. The summed E-state index contributed by atoms with van der Waals surface area (Å²) in [6.45, 7) is 0. The van der Waals surface area contributed by atoms with Crippen molar-refractivity contribution in [1.29, 1.82) is 0 Å². The molecule has 4 aromatic rings. The molecule has 212 valence electrons. The maximum absolute atomic E-state index is 13.3. The Kier molecular flexibility index (Phi) is 7.93. The van der Waals surface area contributed by atoms with Crippen LogP contribution in [0.4, 0.5) is 26.3 Å². The smallest absolute Gasteiger partial charge is 0.419 e. The highest BCUT2D eigenvalue weighted by Gasteiger charge is 2.35. The van der Waals surface area contributed by atoms with Crippen molar-refractivity contribution in [2.24, 2.45) is 0 Å². The van der Waals surface area contributed by atoms with Crippen LogP contribution in [0.5, 0.6) is 23.0 Å². The van der Waals surface area contributed by atoms with Crippen LogP contribution >= 0.6 is 0 Å². The molecule has 4 aromatic carbocycles. The molecule has 41 heavy (non-hydrogen) atoms. The minimum atomic E-state index is -4.78. The quantitative estimate of drug-likeness (QED) is 0.153. The van der Waals surface area contributed by atoms with Gasteiger partial charge in [-0.05, 0) is 72.8 Å². The fraction of sp³-hybridized carbons (Fsp3) is 0.0714. The molecule has 0 bridgehead atoms. The zero-order valence-corrected chi connectivity index (χ0v) is 21.2. The zero-order chi connectivity index (χ0) is 30.0. The van der Waals surface area contributed by atoms with Crippen molar-refractivity contribution in [1.82, 2.24) is 0 Å². The lowest BCUT2D eigenvalue weighted by Crippen LogP contribution is -2.08. The van der Waals surface area contributed by atoms with Gasteiger partial charge in [-0.25, -0.2) is 8.42 Å². The number of rotatable bonds is 8. The van der Waals surface area contributed by atoms with Crippen LogP contribution in [0.2, 0.25) is 0 Å². The van der Waals surface area contributed by atoms with E-state index in [9.17, 15) is 44.3 Å². The number of sulfone groups is 1. The number of hydrogen-bond donors (Lipinski definition) is 0. The fourth-order valence-corrected chi connectivity index (χ4v) is 4.89. The number of alkyl halides is 6. The summed E-state index contributed by atoms with van der Waals surface area (Å²) < 4.78 is 117. The fourth-order valence-electron chi connectivity index (χ4n) is 3.63. The lowest BCUT2D eigenvalue weighted by molar-refractivity contribution is -0.139. The van der Waals surface area contributed by atoms with Gasteiger partial charge in [0.15, 0.2) is 0 Å². The van der Waals surface area contributed by atoms with Gasteiger partial charge in [0.1, 0.15) is 35.6 Å². The van der Waals surface area contributed by atoms with Crippen LogP contribution in [0.25, 0.3) is 0 Å². The first kappa shape index (κ1) is 29.3. The first-order chi connectivity index (χ1) is 19.2. The molecule has 0 heterocycles. The first-order valence-corrected chi connectivity index (χ1v) is 12.8. The van der Waals surface area contributed by atoms with Gasteiger partial charge in [0, 0.05) is 11.1 Å². The summed E-state index contributed by atoms with van der Waals surface area (Å²) in [5, 5.41) is 0. The van der Waals surface area contributed by atoms with E-state index in [0.717, 1.165) is 72.8 Å². The summed E-state index contributed by atoms with van der Waals surface area (Å²) in [5.41, 5.74) is -2.40. The summed E-state index contributed by atoms with van der Waals surface area (Å²) in [5.74, 6) is -1.58. The summed E-state index contributed by atoms with van der Waals surface area (Å²) in [6, 6.07) is 14.0. The molecule has 0 amide bonds. The Balaban J connectivity index is 1.56. The molecule has 0 aliphatic rings. The number of carbonyl (C=O) groups is 2. The van der Waals surface area contributed by atoms with E-state index in [1.807, 2.05) is 0 Å². The Labute approximate surface area is 228 Å². The van der Waals surface area contributed by atoms with E-state index in [2.05, 4.69) is 0 Å². The second-order valence-electron chi connectivity index (χ2n) is 8.39. The van der Waals surface area contributed by atoms with Crippen molar-refractivity contribution in [3.63, 3.8) is 0 Å². The third-order valence-electron chi connectivity index (χ3n) is 5.62. The Morgan fingerprint density at radius 2 is 0.878 bits per heavy atom. The van der Waals surface area contributed by atoms with E-state index in [-0.39, 0.29) is 32.4 Å². The average Bonchev–Trinajstić information content (AvgIpc) is 2.92. The molecule has 0 saturated carbocycles. The number of halogens is 6. The van der Waals surface area contributed by atoms with Crippen LogP contribution in [0.1, 0.15) is 31.8 Å². The van der Waals surface area contributed by atoms with E-state index >= 15 is 0 Å². The normalized spacial score (nSPS) is 12.0. The van der Waals surface area contributed by atoms with Gasteiger partial charge in [-0.15, -0.1) is 0 Å². The lowest BCUT2D eigenvalue weighted by atomic mass is 10.1. The molecule has 0 radical (unpaired) electrons. The standard InChI is InChI=1S/C28H16F6O6S/c29-27(30,31)23-11-1-17(15-35)13-25(23)39-19-3-7-21(8-4-19)41(37,38)22-9-5-20(6-10-22)40-26-14-18(16-36)2-12-24(26)28(32,33)34/h1-16H. The Hall–Kier alpha value is -4.65. The highest BCUT2D eigenvalue weighted by molar-refractivity contribution is 7.91. The van der Waals surface area contributed by atoms with Crippen LogP contribution in [0.15, 0.2) is 94.7 Å². The molecule has 0 aliphatic heterocycles. The van der Waals surface area contributed by atoms with Crippen LogP contribution in [0.3, 0.4) is 0 Å². The summed E-state index contributed by atoms with van der Waals surface area (Å²) in [7, 11) is -4.17. The van der Waals surface area contributed by atoms with Crippen LogP contribution in [0, 0.1) is 0 Å². The number of aldehydes is 2. The third kappa shape index (κ3) is 6.57. The number of carbonyl (C=O) groups excluding carboxylic acids is 2. The molecule has 13 heteroatoms. The molecule has 0 aliphatic carbocycles. The topological polar surface area (TPSA) is 86.7 Å². The van der Waals surface area contributed by atoms with Gasteiger partial charge in [-0.1, -0.05) is 12.1 Å². The number of benzene rings is 4. The molecule has 0 fully saturated rings. The van der Waals surface area contributed by atoms with Gasteiger partial charge >= 0.3 is 12.4 Å². The minimum Gasteiger partial charge on any atom is -0.457 e. The molecule has 4 rings (SSSR count). The molecule has 6 nitrogen and oxygen atoms in total. The van der Waals surface area contributed by atoms with Crippen LogP contribution in [-0.4, -0.2) is 21.0 Å². The minimum absolute atomic E-state index is 0.0642. The SMILES string of the molecule is O=Cc1ccc(C(F)(F)F)c(Oc2ccc(S(=O)(=O)c3ccc(Oc4cc(C=O)ccc4C(F)(F)F)cc3)cc2)c1. The van der Waals surface area contributed by atoms with E-state index in [1.165, 1.54) is 0 Å². The van der Waals surface area contributed by atoms with Gasteiger partial charge in [-0.2, -0.15) is 26.3 Å². The van der Waals surface area contributed by atoms with Crippen molar-refractivity contribution in [3.8, 4) is 23.0 Å². The summed E-state index contributed by atoms with van der Waals surface area (Å²) >= 11 is 0. The summed E-state index contributed by atoms with van der Waals surface area (Å²) in [4.78, 5) is 21.5. The maximum Gasteiger partial charge on any atom is 0.419 e. The molecular formula is C28H16F6O6S. The summed E-state index contributed by atoms with van der Waals surface area (Å²) in [6.07, 6.45) is -8.87. The predicted octanol–water partition coefficient (Wildman–Crippen LogP) is 7.77. The first-order valence-electron chi connectivity index (χ1n) is 11.4. The molecule has 0 unspecified atom stereocenters. The third-order valence-corrected chi connectivity index (χ3v) is 7.40. The maximum atomic E-state index is 13.3. The molecule has 0 aromatic heterocycles. The highest BCUT2D eigenvalue weighted by Crippen LogP contribution is 2.40. The van der Waals surface area contributed by atoms with Gasteiger partial charge in [0.05, 0.1) is 20.9 Å². The van der Waals surface area contributed by atoms with E-state index in [0.29, 0.717) is 24.7 Å². The van der Waals surface area contributed by atoms with Crippen LogP contribution in [-0.2, 0) is 22.2 Å². The van der Waals surface area contributed by atoms with Crippen molar-refractivity contribution < 1.29 is 53.8 Å². The van der Waals surface area contributed by atoms with Gasteiger partial charge in [0.25, 0.3) is 0 Å². The second-order valence-corrected chi connectivity index (χ2v) is 10.3. The van der Waals surface area contributed by atoms with Crippen molar-refractivity contribution in [3.05, 3.63) is 107 Å². The highest BCUT2D eigenvalue weighted by atomic mass is 32.2.